The highest BCUT2D eigenvalue weighted by molar-refractivity contribution is 6.43. The summed E-state index contributed by atoms with van der Waals surface area (Å²) in [7, 11) is 0. The molecule has 2 nitrogen and oxygen atoms in total. The number of rotatable bonds is 3. The van der Waals surface area contributed by atoms with Gasteiger partial charge in [-0.15, -0.1) is 0 Å². The van der Waals surface area contributed by atoms with E-state index >= 15 is 0 Å². The van der Waals surface area contributed by atoms with E-state index in [1.54, 1.807) is 6.07 Å². The lowest BCUT2D eigenvalue weighted by Gasteiger charge is -2.12. The van der Waals surface area contributed by atoms with Crippen LogP contribution < -0.4 is 0 Å². The molecule has 0 fully saturated rings. The van der Waals surface area contributed by atoms with E-state index in [1.807, 2.05) is 56.3 Å². The van der Waals surface area contributed by atoms with E-state index in [2.05, 4.69) is 34.9 Å². The Labute approximate surface area is 180 Å². The summed E-state index contributed by atoms with van der Waals surface area (Å²) in [6.45, 7) is 4.04. The van der Waals surface area contributed by atoms with Crippen LogP contribution in [0, 0.1) is 25.2 Å². The van der Waals surface area contributed by atoms with Gasteiger partial charge in [0.1, 0.15) is 0 Å². The molecule has 0 bridgehead atoms. The minimum absolute atomic E-state index is 0.515. The monoisotopic (exact) mass is 416 g/mol. The Morgan fingerprint density at radius 3 is 2.45 bits per heavy atom. The van der Waals surface area contributed by atoms with Gasteiger partial charge in [0.15, 0.2) is 0 Å². The van der Waals surface area contributed by atoms with Crippen LogP contribution in [0.3, 0.4) is 0 Å². The standard InChI is InChI=1S/C25H18Cl2N2/c1-16-12-21(17(2)29(16)24-9-5-8-23(26)25(24)27)14-22(15-28)20-11-10-18-6-3-4-7-19(18)13-20/h3-14H,1-2H3/b22-14-. The lowest BCUT2D eigenvalue weighted by atomic mass is 10.0. The first-order valence-electron chi connectivity index (χ1n) is 9.24. The molecule has 0 radical (unpaired) electrons. The van der Waals surface area contributed by atoms with E-state index in [1.165, 1.54) is 0 Å². The van der Waals surface area contributed by atoms with Crippen molar-refractivity contribution >= 4 is 45.6 Å². The Kier molecular flexibility index (Phi) is 5.20. The molecular weight excluding hydrogens is 399 g/mol. The predicted molar refractivity (Wildman–Crippen MR) is 123 cm³/mol. The van der Waals surface area contributed by atoms with Gasteiger partial charge in [0.05, 0.1) is 27.4 Å². The third kappa shape index (κ3) is 3.56. The second kappa shape index (κ2) is 7.79. The van der Waals surface area contributed by atoms with Crippen molar-refractivity contribution in [3.63, 3.8) is 0 Å². The minimum atomic E-state index is 0.515. The lowest BCUT2D eigenvalue weighted by molar-refractivity contribution is 0.965. The van der Waals surface area contributed by atoms with Crippen LogP contribution in [0.5, 0.6) is 0 Å². The van der Waals surface area contributed by atoms with Crippen LogP contribution in [0.2, 0.25) is 10.0 Å². The van der Waals surface area contributed by atoms with Gasteiger partial charge in [-0.25, -0.2) is 0 Å². The molecule has 142 valence electrons. The number of hydrogen-bond donors (Lipinski definition) is 0. The minimum Gasteiger partial charge on any atom is -0.316 e. The summed E-state index contributed by atoms with van der Waals surface area (Å²) in [5, 5.41) is 13.1. The fraction of sp³-hybridized carbons (Fsp3) is 0.0800. The number of nitriles is 1. The van der Waals surface area contributed by atoms with Crippen molar-refractivity contribution in [1.82, 2.24) is 4.57 Å². The van der Waals surface area contributed by atoms with Crippen LogP contribution in [-0.2, 0) is 0 Å². The van der Waals surface area contributed by atoms with Crippen LogP contribution in [0.25, 0.3) is 28.1 Å². The molecule has 4 heteroatoms. The van der Waals surface area contributed by atoms with Gasteiger partial charge in [-0.1, -0.05) is 65.7 Å². The fourth-order valence-corrected chi connectivity index (χ4v) is 4.04. The molecule has 4 rings (SSSR count). The van der Waals surface area contributed by atoms with E-state index in [4.69, 9.17) is 23.2 Å². The van der Waals surface area contributed by atoms with E-state index in [-0.39, 0.29) is 0 Å². The maximum Gasteiger partial charge on any atom is 0.0998 e. The molecule has 0 N–H and O–H groups in total. The van der Waals surface area contributed by atoms with Crippen molar-refractivity contribution in [3.8, 4) is 11.8 Å². The first-order chi connectivity index (χ1) is 14.0. The Hall–Kier alpha value is -2.99. The summed E-state index contributed by atoms with van der Waals surface area (Å²) < 4.78 is 2.06. The van der Waals surface area contributed by atoms with Crippen molar-refractivity contribution < 1.29 is 0 Å². The maximum absolute atomic E-state index is 9.81. The van der Waals surface area contributed by atoms with Gasteiger partial charge in [-0.05, 0) is 66.1 Å². The number of nitrogens with zero attached hydrogens (tertiary/aromatic N) is 2. The molecule has 0 saturated heterocycles. The van der Waals surface area contributed by atoms with E-state index in [0.717, 1.165) is 39.0 Å². The van der Waals surface area contributed by atoms with Crippen LogP contribution in [0.1, 0.15) is 22.5 Å². The van der Waals surface area contributed by atoms with Crippen molar-refractivity contribution in [2.45, 2.75) is 13.8 Å². The Morgan fingerprint density at radius 2 is 1.69 bits per heavy atom. The quantitative estimate of drug-likeness (QED) is 0.315. The van der Waals surface area contributed by atoms with Crippen molar-refractivity contribution in [3.05, 3.63) is 99.3 Å². The van der Waals surface area contributed by atoms with E-state index in [9.17, 15) is 5.26 Å². The fourth-order valence-electron chi connectivity index (χ4n) is 3.66. The SMILES string of the molecule is Cc1cc(/C=C(/C#N)c2ccc3ccccc3c2)c(C)n1-c1cccc(Cl)c1Cl. The molecule has 3 aromatic carbocycles. The predicted octanol–water partition coefficient (Wildman–Crippen LogP) is 7.62. The largest absolute Gasteiger partial charge is 0.316 e. The van der Waals surface area contributed by atoms with E-state index < -0.39 is 0 Å². The van der Waals surface area contributed by atoms with Crippen molar-refractivity contribution in [1.29, 1.82) is 5.26 Å². The molecule has 0 aliphatic heterocycles. The highest BCUT2D eigenvalue weighted by atomic mass is 35.5. The average Bonchev–Trinajstić information content (AvgIpc) is 3.01. The lowest BCUT2D eigenvalue weighted by Crippen LogP contribution is -2.00. The third-order valence-corrected chi connectivity index (χ3v) is 5.93. The van der Waals surface area contributed by atoms with Gasteiger partial charge < -0.3 is 4.57 Å². The normalized spacial score (nSPS) is 11.6. The van der Waals surface area contributed by atoms with Gasteiger partial charge in [0.2, 0.25) is 0 Å². The number of aromatic nitrogens is 1. The summed E-state index contributed by atoms with van der Waals surface area (Å²) in [6.07, 6.45) is 1.93. The highest BCUT2D eigenvalue weighted by Gasteiger charge is 2.14. The summed E-state index contributed by atoms with van der Waals surface area (Å²) in [4.78, 5) is 0. The zero-order valence-electron chi connectivity index (χ0n) is 16.1. The molecule has 4 aromatic rings. The van der Waals surface area contributed by atoms with Crippen LogP contribution in [0.15, 0.2) is 66.7 Å². The second-order valence-corrected chi connectivity index (χ2v) is 7.75. The Bertz CT molecular complexity index is 1310. The highest BCUT2D eigenvalue weighted by Crippen LogP contribution is 2.33. The van der Waals surface area contributed by atoms with Gasteiger partial charge in [0, 0.05) is 11.4 Å². The van der Waals surface area contributed by atoms with Crippen molar-refractivity contribution in [2.24, 2.45) is 0 Å². The Balaban J connectivity index is 1.83. The number of halogens is 2. The molecule has 0 aliphatic carbocycles. The second-order valence-electron chi connectivity index (χ2n) is 6.97. The van der Waals surface area contributed by atoms with Crippen LogP contribution >= 0.6 is 23.2 Å². The third-order valence-electron chi connectivity index (χ3n) is 5.12. The van der Waals surface area contributed by atoms with Gasteiger partial charge >= 0.3 is 0 Å². The van der Waals surface area contributed by atoms with Crippen LogP contribution in [-0.4, -0.2) is 4.57 Å². The molecule has 0 saturated carbocycles. The molecule has 0 aliphatic rings. The molecule has 29 heavy (non-hydrogen) atoms. The first-order valence-corrected chi connectivity index (χ1v) is 9.99. The number of fused-ring (bicyclic) bond motifs is 1. The number of benzene rings is 3. The van der Waals surface area contributed by atoms with E-state index in [0.29, 0.717) is 15.6 Å². The number of allylic oxidation sites excluding steroid dienone is 1. The molecule has 0 amide bonds. The first kappa shape index (κ1) is 19.3. The zero-order valence-corrected chi connectivity index (χ0v) is 17.6. The van der Waals surface area contributed by atoms with Crippen molar-refractivity contribution in [2.75, 3.05) is 0 Å². The Morgan fingerprint density at radius 1 is 0.931 bits per heavy atom. The number of aryl methyl sites for hydroxylation is 1. The average molecular weight is 417 g/mol. The summed E-state index contributed by atoms with van der Waals surface area (Å²) in [6, 6.07) is 24.2. The summed E-state index contributed by atoms with van der Waals surface area (Å²) in [5.74, 6) is 0. The molecule has 0 spiro atoms. The molecule has 1 aromatic heterocycles. The smallest absolute Gasteiger partial charge is 0.0998 e. The van der Waals surface area contributed by atoms with Gasteiger partial charge in [-0.3, -0.25) is 0 Å². The molecule has 0 atom stereocenters. The topological polar surface area (TPSA) is 28.7 Å². The number of hydrogen-bond acceptors (Lipinski definition) is 1. The maximum atomic E-state index is 9.81. The summed E-state index contributed by atoms with van der Waals surface area (Å²) in [5.41, 5.74) is 5.35. The molecule has 0 unspecified atom stereocenters. The van der Waals surface area contributed by atoms with Crippen LogP contribution in [0.4, 0.5) is 0 Å². The zero-order chi connectivity index (χ0) is 20.5. The molecule has 1 heterocycles. The molecular formula is C25H18Cl2N2. The van der Waals surface area contributed by atoms with Gasteiger partial charge in [0.25, 0.3) is 0 Å². The van der Waals surface area contributed by atoms with Gasteiger partial charge in [-0.2, -0.15) is 5.26 Å². The summed E-state index contributed by atoms with van der Waals surface area (Å²) >= 11 is 12.7.